The van der Waals surface area contributed by atoms with E-state index in [-0.39, 0.29) is 5.56 Å². The van der Waals surface area contributed by atoms with Crippen LogP contribution in [0.3, 0.4) is 0 Å². The average molecular weight is 433 g/mol. The summed E-state index contributed by atoms with van der Waals surface area (Å²) >= 11 is 1.21. The van der Waals surface area contributed by atoms with Gasteiger partial charge in [0.05, 0.1) is 25.5 Å². The van der Waals surface area contributed by atoms with E-state index < -0.39 is 23.6 Å². The molecule has 0 aliphatic carbocycles. The van der Waals surface area contributed by atoms with Gasteiger partial charge in [-0.1, -0.05) is 6.07 Å². The van der Waals surface area contributed by atoms with E-state index in [1.807, 2.05) is 6.07 Å². The molecule has 0 saturated heterocycles. The molecule has 0 aliphatic rings. The monoisotopic (exact) mass is 433 g/mol. The van der Waals surface area contributed by atoms with Crippen molar-refractivity contribution >= 4 is 22.4 Å². The summed E-state index contributed by atoms with van der Waals surface area (Å²) in [6, 6.07) is 7.71. The largest absolute Gasteiger partial charge is 0.493 e. The number of aromatic nitrogens is 1. The van der Waals surface area contributed by atoms with Crippen molar-refractivity contribution in [2.75, 3.05) is 33.6 Å². The molecule has 2 aromatic carbocycles. The van der Waals surface area contributed by atoms with Gasteiger partial charge in [0.15, 0.2) is 16.6 Å². The number of nitrogens with zero attached hydrogens (tertiary/aromatic N) is 2. The summed E-state index contributed by atoms with van der Waals surface area (Å²) < 4.78 is 39.0. The molecule has 0 radical (unpaired) electrons. The van der Waals surface area contributed by atoms with Crippen LogP contribution in [0.1, 0.15) is 11.6 Å². The molecule has 30 heavy (non-hydrogen) atoms. The molecular formula is C21H21F2N3O3S. The lowest BCUT2D eigenvalue weighted by Crippen LogP contribution is -2.33. The van der Waals surface area contributed by atoms with Crippen molar-refractivity contribution in [2.24, 2.45) is 0 Å². The highest BCUT2D eigenvalue weighted by Gasteiger charge is 2.29. The molecule has 3 rings (SSSR count). The van der Waals surface area contributed by atoms with Crippen LogP contribution in [-0.4, -0.2) is 44.1 Å². The summed E-state index contributed by atoms with van der Waals surface area (Å²) in [7, 11) is 6.24. The van der Waals surface area contributed by atoms with E-state index in [9.17, 15) is 13.6 Å². The lowest BCUT2D eigenvalue weighted by molar-refractivity contribution is -0.120. The fourth-order valence-electron chi connectivity index (χ4n) is 3.03. The van der Waals surface area contributed by atoms with Crippen LogP contribution in [0, 0.1) is 11.6 Å². The zero-order valence-electron chi connectivity index (χ0n) is 16.9. The molecule has 0 spiro atoms. The van der Waals surface area contributed by atoms with E-state index >= 15 is 0 Å². The number of carbonyl (C=O) groups is 1. The first-order valence-corrected chi connectivity index (χ1v) is 9.82. The smallest absolute Gasteiger partial charge is 0.248 e. The van der Waals surface area contributed by atoms with Gasteiger partial charge in [-0.3, -0.25) is 9.69 Å². The summed E-state index contributed by atoms with van der Waals surface area (Å²) in [5.41, 5.74) is 1.08. The van der Waals surface area contributed by atoms with Crippen molar-refractivity contribution in [3.8, 4) is 22.8 Å². The predicted octanol–water partition coefficient (Wildman–Crippen LogP) is 4.35. The fourth-order valence-corrected chi connectivity index (χ4v) is 3.75. The first kappa shape index (κ1) is 21.7. The number of methoxy groups -OCH3 is 2. The molecule has 0 unspecified atom stereocenters. The van der Waals surface area contributed by atoms with E-state index in [1.54, 1.807) is 38.7 Å². The third-order valence-electron chi connectivity index (χ3n) is 4.45. The number of carbonyl (C=O) groups excluding carboxylic acids is 1. The maximum absolute atomic E-state index is 14.2. The maximum atomic E-state index is 14.2. The normalized spacial score (nSPS) is 12.0. The Balaban J connectivity index is 1.85. The molecule has 0 saturated carbocycles. The van der Waals surface area contributed by atoms with E-state index in [0.29, 0.717) is 22.3 Å². The molecule has 1 aromatic heterocycles. The summed E-state index contributed by atoms with van der Waals surface area (Å²) in [6.07, 6.45) is 0. The Bertz CT molecular complexity index is 1040. The quantitative estimate of drug-likeness (QED) is 0.600. The van der Waals surface area contributed by atoms with Gasteiger partial charge < -0.3 is 14.8 Å². The van der Waals surface area contributed by atoms with E-state index in [2.05, 4.69) is 10.3 Å². The highest BCUT2D eigenvalue weighted by atomic mass is 32.1. The second kappa shape index (κ2) is 9.19. The van der Waals surface area contributed by atoms with Gasteiger partial charge >= 0.3 is 0 Å². The first-order valence-electron chi connectivity index (χ1n) is 8.94. The van der Waals surface area contributed by atoms with Gasteiger partial charge in [0.2, 0.25) is 5.91 Å². The van der Waals surface area contributed by atoms with Crippen LogP contribution >= 0.6 is 11.3 Å². The number of thiazole rings is 1. The van der Waals surface area contributed by atoms with E-state index in [1.165, 1.54) is 29.4 Å². The molecule has 158 valence electrons. The van der Waals surface area contributed by atoms with Crippen molar-refractivity contribution in [1.29, 1.82) is 0 Å². The van der Waals surface area contributed by atoms with Crippen LogP contribution < -0.4 is 14.8 Å². The highest BCUT2D eigenvalue weighted by Crippen LogP contribution is 2.34. The van der Waals surface area contributed by atoms with Gasteiger partial charge in [0.1, 0.15) is 17.7 Å². The van der Waals surface area contributed by atoms with E-state index in [4.69, 9.17) is 9.47 Å². The highest BCUT2D eigenvalue weighted by molar-refractivity contribution is 7.14. The Morgan fingerprint density at radius 1 is 1.10 bits per heavy atom. The number of hydrogen-bond donors (Lipinski definition) is 1. The minimum Gasteiger partial charge on any atom is -0.493 e. The van der Waals surface area contributed by atoms with Gasteiger partial charge in [0, 0.05) is 10.9 Å². The number of ether oxygens (including phenoxy) is 2. The minimum atomic E-state index is -1.15. The standard InChI is InChI=1S/C21H21F2N3O3S/c1-26(2)19(18-13(22)6-5-7-14(18)23)20(27)25-21-24-15(11-30-21)12-8-9-16(28-3)17(10-12)29-4/h5-11,19H,1-4H3,(H,24,25,27)/t19-/m0/s1. The molecule has 9 heteroatoms. The van der Waals surface area contributed by atoms with Crippen molar-refractivity contribution in [3.05, 3.63) is 59.0 Å². The SMILES string of the molecule is COc1ccc(-c2csc(NC(=O)[C@H](c3c(F)cccc3F)N(C)C)n2)cc1OC. The number of amides is 1. The van der Waals surface area contributed by atoms with Gasteiger partial charge in [0.25, 0.3) is 0 Å². The third kappa shape index (κ3) is 4.42. The van der Waals surface area contributed by atoms with Crippen LogP contribution in [0.25, 0.3) is 11.3 Å². The maximum Gasteiger partial charge on any atom is 0.248 e. The number of rotatable bonds is 7. The number of hydrogen-bond acceptors (Lipinski definition) is 6. The van der Waals surface area contributed by atoms with Gasteiger partial charge in [-0.15, -0.1) is 11.3 Å². The fraction of sp³-hybridized carbons (Fsp3) is 0.238. The second-order valence-electron chi connectivity index (χ2n) is 6.60. The second-order valence-corrected chi connectivity index (χ2v) is 7.46. The van der Waals surface area contributed by atoms with Crippen LogP contribution in [0.2, 0.25) is 0 Å². The molecule has 1 amide bonds. The average Bonchev–Trinajstić information content (AvgIpc) is 3.18. The Hall–Kier alpha value is -3.04. The molecule has 0 bridgehead atoms. The first-order chi connectivity index (χ1) is 14.3. The van der Waals surface area contributed by atoms with Crippen LogP contribution in [0.5, 0.6) is 11.5 Å². The minimum absolute atomic E-state index is 0.309. The Morgan fingerprint density at radius 3 is 2.37 bits per heavy atom. The predicted molar refractivity (Wildman–Crippen MR) is 112 cm³/mol. The lowest BCUT2D eigenvalue weighted by Gasteiger charge is -2.24. The van der Waals surface area contributed by atoms with Gasteiger partial charge in [-0.05, 0) is 44.4 Å². The van der Waals surface area contributed by atoms with Crippen LogP contribution in [0.4, 0.5) is 13.9 Å². The van der Waals surface area contributed by atoms with Gasteiger partial charge in [-0.2, -0.15) is 0 Å². The number of halogens is 2. The van der Waals surface area contributed by atoms with Crippen LogP contribution in [-0.2, 0) is 4.79 Å². The molecule has 1 N–H and O–H groups in total. The van der Waals surface area contributed by atoms with Crippen LogP contribution in [0.15, 0.2) is 41.8 Å². The number of benzene rings is 2. The molecule has 1 atom stereocenters. The third-order valence-corrected chi connectivity index (χ3v) is 5.21. The Morgan fingerprint density at radius 2 is 1.77 bits per heavy atom. The van der Waals surface area contributed by atoms with Crippen molar-refractivity contribution in [1.82, 2.24) is 9.88 Å². The summed E-state index contributed by atoms with van der Waals surface area (Å²) in [5, 5.41) is 4.74. The zero-order valence-corrected chi connectivity index (χ0v) is 17.7. The molecule has 6 nitrogen and oxygen atoms in total. The number of nitrogens with one attached hydrogen (secondary N) is 1. The Labute approximate surface area is 177 Å². The number of likely N-dealkylation sites (N-methyl/N-ethyl adjacent to an activating group) is 1. The van der Waals surface area contributed by atoms with Gasteiger partial charge in [-0.25, -0.2) is 13.8 Å². The van der Waals surface area contributed by atoms with Crippen molar-refractivity contribution in [3.63, 3.8) is 0 Å². The molecule has 0 aliphatic heterocycles. The molecule has 3 aromatic rings. The lowest BCUT2D eigenvalue weighted by atomic mass is 10.0. The van der Waals surface area contributed by atoms with Crippen molar-refractivity contribution in [2.45, 2.75) is 6.04 Å². The van der Waals surface area contributed by atoms with E-state index in [0.717, 1.165) is 17.7 Å². The number of anilines is 1. The van der Waals surface area contributed by atoms with Crippen molar-refractivity contribution < 1.29 is 23.0 Å². The molecule has 1 heterocycles. The molecule has 0 fully saturated rings. The molecular weight excluding hydrogens is 412 g/mol. The summed E-state index contributed by atoms with van der Waals surface area (Å²) in [6.45, 7) is 0. The Kier molecular flexibility index (Phi) is 6.63. The summed E-state index contributed by atoms with van der Waals surface area (Å²) in [5.74, 6) is -1.01. The zero-order chi connectivity index (χ0) is 21.8. The topological polar surface area (TPSA) is 63.7 Å². The summed E-state index contributed by atoms with van der Waals surface area (Å²) in [4.78, 5) is 18.7.